The van der Waals surface area contributed by atoms with Gasteiger partial charge < -0.3 is 14.8 Å². The van der Waals surface area contributed by atoms with Gasteiger partial charge in [-0.2, -0.15) is 0 Å². The zero-order valence-electron chi connectivity index (χ0n) is 22.8. The Morgan fingerprint density at radius 1 is 0.902 bits per heavy atom. The van der Waals surface area contributed by atoms with Crippen molar-refractivity contribution in [1.29, 1.82) is 0 Å². The minimum atomic E-state index is -1.16. The van der Waals surface area contributed by atoms with Crippen LogP contribution in [0, 0.1) is 6.92 Å². The van der Waals surface area contributed by atoms with Crippen LogP contribution in [0.15, 0.2) is 78.9 Å². The topological polar surface area (TPSA) is 102 Å². The van der Waals surface area contributed by atoms with E-state index in [9.17, 15) is 19.2 Å². The van der Waals surface area contributed by atoms with Gasteiger partial charge in [-0.15, -0.1) is 11.3 Å². The lowest BCUT2D eigenvalue weighted by molar-refractivity contribution is -0.119. The molecule has 0 fully saturated rings. The number of fused-ring (bicyclic) bond motifs is 1. The monoisotopic (exact) mass is 568 g/mol. The number of rotatable bonds is 9. The van der Waals surface area contributed by atoms with Crippen LogP contribution in [0.1, 0.15) is 48.4 Å². The van der Waals surface area contributed by atoms with E-state index in [1.165, 1.54) is 18.4 Å². The minimum absolute atomic E-state index is 0.0990. The quantitative estimate of drug-likeness (QED) is 0.204. The standard InChI is InChI=1S/C32H28N2O6S/c1-4-40-22-16-14-21(15-17-22)26-19(2)41-29(27(26)32(38)39-3)33-28(35)25(18-20-10-6-5-7-11-20)34-30(36)23-12-8-9-13-24(23)31(34)37/h5-17,25H,4,18H2,1-3H3,(H,33,35). The molecule has 8 nitrogen and oxygen atoms in total. The number of aryl methyl sites for hydroxylation is 1. The molecular weight excluding hydrogens is 540 g/mol. The molecule has 1 aromatic heterocycles. The van der Waals surface area contributed by atoms with E-state index in [-0.39, 0.29) is 28.1 Å². The van der Waals surface area contributed by atoms with Crippen molar-refractivity contribution < 1.29 is 28.7 Å². The van der Waals surface area contributed by atoms with Crippen molar-refractivity contribution in [3.8, 4) is 16.9 Å². The first-order valence-electron chi connectivity index (χ1n) is 13.1. The van der Waals surface area contributed by atoms with Crippen molar-refractivity contribution in [3.63, 3.8) is 0 Å². The van der Waals surface area contributed by atoms with Gasteiger partial charge in [-0.25, -0.2) is 4.79 Å². The van der Waals surface area contributed by atoms with Crippen LogP contribution in [-0.4, -0.2) is 48.3 Å². The Morgan fingerprint density at radius 2 is 1.51 bits per heavy atom. The van der Waals surface area contributed by atoms with E-state index >= 15 is 0 Å². The first-order valence-corrected chi connectivity index (χ1v) is 13.9. The molecule has 1 N–H and O–H groups in total. The third-order valence-electron chi connectivity index (χ3n) is 6.88. The highest BCUT2D eigenvalue weighted by atomic mass is 32.1. The summed E-state index contributed by atoms with van der Waals surface area (Å²) in [6.45, 7) is 4.27. The summed E-state index contributed by atoms with van der Waals surface area (Å²) in [5, 5.41) is 3.14. The Morgan fingerprint density at radius 3 is 2.10 bits per heavy atom. The zero-order chi connectivity index (χ0) is 29.1. The summed E-state index contributed by atoms with van der Waals surface area (Å²) in [4.78, 5) is 55.6. The van der Waals surface area contributed by atoms with Crippen LogP contribution in [0.4, 0.5) is 5.00 Å². The summed E-state index contributed by atoms with van der Waals surface area (Å²) in [5.41, 5.74) is 2.86. The number of benzene rings is 3. The number of carbonyl (C=O) groups excluding carboxylic acids is 4. The second-order valence-electron chi connectivity index (χ2n) is 9.41. The van der Waals surface area contributed by atoms with E-state index in [1.54, 1.807) is 24.3 Å². The number of thiophene rings is 1. The van der Waals surface area contributed by atoms with Crippen LogP contribution in [0.25, 0.3) is 11.1 Å². The van der Waals surface area contributed by atoms with E-state index in [2.05, 4.69) is 5.32 Å². The van der Waals surface area contributed by atoms with Crippen LogP contribution in [0.5, 0.6) is 5.75 Å². The molecule has 2 heterocycles. The molecular formula is C32H28N2O6S. The molecule has 1 aliphatic heterocycles. The number of nitrogens with zero attached hydrogens (tertiary/aromatic N) is 1. The van der Waals surface area contributed by atoms with Crippen molar-refractivity contribution >= 4 is 40.0 Å². The number of esters is 1. The third kappa shape index (κ3) is 5.36. The average molecular weight is 569 g/mol. The summed E-state index contributed by atoms with van der Waals surface area (Å²) in [6.07, 6.45) is 0.0990. The van der Waals surface area contributed by atoms with Crippen molar-refractivity contribution in [2.45, 2.75) is 26.3 Å². The van der Waals surface area contributed by atoms with Crippen molar-refractivity contribution in [3.05, 3.63) is 106 Å². The van der Waals surface area contributed by atoms with Crippen molar-refractivity contribution in [1.82, 2.24) is 4.90 Å². The maximum absolute atomic E-state index is 14.0. The summed E-state index contributed by atoms with van der Waals surface area (Å²) < 4.78 is 10.6. The highest BCUT2D eigenvalue weighted by Crippen LogP contribution is 2.41. The molecule has 0 spiro atoms. The van der Waals surface area contributed by atoms with Crippen molar-refractivity contribution in [2.24, 2.45) is 0 Å². The van der Waals surface area contributed by atoms with Gasteiger partial charge in [0.15, 0.2) is 0 Å². The molecule has 1 atom stereocenters. The predicted molar refractivity (Wildman–Crippen MR) is 157 cm³/mol. The Hall–Kier alpha value is -4.76. The van der Waals surface area contributed by atoms with Crippen LogP contribution in [0.3, 0.4) is 0 Å². The molecule has 0 saturated carbocycles. The van der Waals surface area contributed by atoms with Crippen molar-refractivity contribution in [2.75, 3.05) is 19.0 Å². The molecule has 41 heavy (non-hydrogen) atoms. The zero-order valence-corrected chi connectivity index (χ0v) is 23.6. The number of hydrogen-bond donors (Lipinski definition) is 1. The van der Waals surface area contributed by atoms with E-state index < -0.39 is 29.7 Å². The van der Waals surface area contributed by atoms with Gasteiger partial charge in [0.1, 0.15) is 22.4 Å². The predicted octanol–water partition coefficient (Wildman–Crippen LogP) is 5.75. The van der Waals surface area contributed by atoms with Crippen LogP contribution in [0.2, 0.25) is 0 Å². The SMILES string of the molecule is CCOc1ccc(-c2c(C)sc(NC(=O)C(Cc3ccccc3)N3C(=O)c4ccccc4C3=O)c2C(=O)OC)cc1. The van der Waals surface area contributed by atoms with E-state index in [0.29, 0.717) is 17.9 Å². The molecule has 1 unspecified atom stereocenters. The van der Waals surface area contributed by atoms with Gasteiger partial charge >= 0.3 is 5.97 Å². The van der Waals surface area contributed by atoms with Gasteiger partial charge in [0.2, 0.25) is 5.91 Å². The highest BCUT2D eigenvalue weighted by Gasteiger charge is 2.43. The lowest BCUT2D eigenvalue weighted by atomic mass is 10.0. The highest BCUT2D eigenvalue weighted by molar-refractivity contribution is 7.17. The Labute approximate surface area is 241 Å². The fourth-order valence-corrected chi connectivity index (χ4v) is 6.05. The minimum Gasteiger partial charge on any atom is -0.494 e. The molecule has 0 bridgehead atoms. The Kier molecular flexibility index (Phi) is 7.98. The molecule has 208 valence electrons. The number of hydrogen-bond acceptors (Lipinski definition) is 7. The van der Waals surface area contributed by atoms with Gasteiger partial charge in [0.25, 0.3) is 11.8 Å². The molecule has 9 heteroatoms. The number of carbonyl (C=O) groups is 4. The molecule has 0 aliphatic carbocycles. The third-order valence-corrected chi connectivity index (χ3v) is 7.90. The van der Waals surface area contributed by atoms with Gasteiger partial charge in [-0.3, -0.25) is 19.3 Å². The van der Waals surface area contributed by atoms with Crippen LogP contribution in [-0.2, 0) is 16.0 Å². The number of methoxy groups -OCH3 is 1. The fraction of sp³-hybridized carbons (Fsp3) is 0.188. The molecule has 4 aromatic rings. The molecule has 5 rings (SSSR count). The largest absolute Gasteiger partial charge is 0.494 e. The summed E-state index contributed by atoms with van der Waals surface area (Å²) in [6, 6.07) is 21.8. The van der Waals surface area contributed by atoms with Crippen LogP contribution < -0.4 is 10.1 Å². The lowest BCUT2D eigenvalue weighted by Crippen LogP contribution is -2.48. The lowest BCUT2D eigenvalue weighted by Gasteiger charge is -2.25. The van der Waals surface area contributed by atoms with E-state index in [0.717, 1.165) is 20.9 Å². The van der Waals surface area contributed by atoms with Gasteiger partial charge in [-0.1, -0.05) is 54.6 Å². The summed E-state index contributed by atoms with van der Waals surface area (Å²) in [7, 11) is 1.28. The Bertz CT molecular complexity index is 1590. The first-order chi connectivity index (χ1) is 19.8. The smallest absolute Gasteiger partial charge is 0.341 e. The number of ether oxygens (including phenoxy) is 2. The normalized spacial score (nSPS) is 13.1. The maximum atomic E-state index is 14.0. The molecule has 1 aliphatic rings. The van der Waals surface area contributed by atoms with Gasteiger partial charge in [0, 0.05) is 16.9 Å². The van der Waals surface area contributed by atoms with Gasteiger partial charge in [-0.05, 0) is 49.2 Å². The van der Waals surface area contributed by atoms with Crippen LogP contribution >= 0.6 is 11.3 Å². The molecule has 3 aromatic carbocycles. The van der Waals surface area contributed by atoms with Gasteiger partial charge in [0.05, 0.1) is 24.8 Å². The number of amides is 3. The summed E-state index contributed by atoms with van der Waals surface area (Å²) >= 11 is 1.23. The fourth-order valence-electron chi connectivity index (χ4n) is 4.99. The second-order valence-corrected chi connectivity index (χ2v) is 10.6. The molecule has 0 saturated heterocycles. The van der Waals surface area contributed by atoms with E-state index in [1.807, 2.05) is 68.4 Å². The molecule has 0 radical (unpaired) electrons. The number of imide groups is 1. The van der Waals surface area contributed by atoms with E-state index in [4.69, 9.17) is 9.47 Å². The number of nitrogens with one attached hydrogen (secondary N) is 1. The molecule has 3 amide bonds. The Balaban J connectivity index is 1.53. The number of anilines is 1. The average Bonchev–Trinajstić information content (AvgIpc) is 3.44. The maximum Gasteiger partial charge on any atom is 0.341 e. The summed E-state index contributed by atoms with van der Waals surface area (Å²) in [5.74, 6) is -1.58. The second kappa shape index (κ2) is 11.8. The first kappa shape index (κ1) is 27.8.